The molecule has 3 heterocycles. The van der Waals surface area contributed by atoms with Gasteiger partial charge in [0.1, 0.15) is 11.6 Å². The van der Waals surface area contributed by atoms with Crippen LogP contribution in [0.2, 0.25) is 0 Å². The van der Waals surface area contributed by atoms with E-state index in [1.165, 1.54) is 56.9 Å². The fraction of sp³-hybridized carbons (Fsp3) is 0.667. The number of hydrogen-bond donors (Lipinski definition) is 1. The zero-order valence-corrected chi connectivity index (χ0v) is 20.0. The van der Waals surface area contributed by atoms with Gasteiger partial charge in [-0.2, -0.15) is 0 Å². The third-order valence-electron chi connectivity index (χ3n) is 8.20. The second-order valence-corrected chi connectivity index (χ2v) is 10.5. The van der Waals surface area contributed by atoms with Gasteiger partial charge in [-0.15, -0.1) is 10.2 Å². The summed E-state index contributed by atoms with van der Waals surface area (Å²) in [4.78, 5) is 15.3. The maximum absolute atomic E-state index is 13.0. The highest BCUT2D eigenvalue weighted by Crippen LogP contribution is 2.39. The molecule has 3 aliphatic rings. The van der Waals surface area contributed by atoms with E-state index in [1.54, 1.807) is 0 Å². The number of hydrogen-bond acceptors (Lipinski definition) is 4. The van der Waals surface area contributed by atoms with Crippen LogP contribution in [0.15, 0.2) is 30.3 Å². The molecular weight excluding hydrogens is 410 g/mol. The summed E-state index contributed by atoms with van der Waals surface area (Å²) >= 11 is 0. The van der Waals surface area contributed by atoms with E-state index >= 15 is 0 Å². The molecule has 1 saturated heterocycles. The summed E-state index contributed by atoms with van der Waals surface area (Å²) in [7, 11) is 0. The quantitative estimate of drug-likeness (QED) is 0.718. The van der Waals surface area contributed by atoms with Crippen LogP contribution in [0.1, 0.15) is 87.3 Å². The lowest BCUT2D eigenvalue weighted by molar-refractivity contribution is -0.122. The minimum Gasteiger partial charge on any atom is -0.354 e. The van der Waals surface area contributed by atoms with Crippen LogP contribution in [-0.2, 0) is 23.2 Å². The molecule has 1 atom stereocenters. The standard InChI is InChI=1S/C27H39N5O/c33-25(28-21-27(15-7-3-8-16-27)23-12-4-1-5-13-23)20-31-17-10-11-22(19-31)26-30-29-24-14-6-2-9-18-32(24)26/h1,4-5,12-13,22H,2-3,6-11,14-21H2,(H,28,33). The molecule has 1 aliphatic carbocycles. The van der Waals surface area contributed by atoms with E-state index in [2.05, 4.69) is 55.3 Å². The van der Waals surface area contributed by atoms with Crippen molar-refractivity contribution in [3.8, 4) is 0 Å². The number of carbonyl (C=O) groups excluding carboxylic acids is 1. The zero-order chi connectivity index (χ0) is 22.5. The number of amides is 1. The Balaban J connectivity index is 1.19. The molecule has 1 N–H and O–H groups in total. The van der Waals surface area contributed by atoms with Crippen molar-refractivity contribution in [3.63, 3.8) is 0 Å². The molecule has 1 aromatic heterocycles. The highest BCUT2D eigenvalue weighted by atomic mass is 16.2. The predicted molar refractivity (Wildman–Crippen MR) is 130 cm³/mol. The van der Waals surface area contributed by atoms with Gasteiger partial charge < -0.3 is 9.88 Å². The Labute approximate surface area is 198 Å². The summed E-state index contributed by atoms with van der Waals surface area (Å²) in [5.41, 5.74) is 1.48. The first-order valence-corrected chi connectivity index (χ1v) is 13.2. The first-order valence-electron chi connectivity index (χ1n) is 13.2. The molecule has 0 bridgehead atoms. The van der Waals surface area contributed by atoms with Gasteiger partial charge in [-0.25, -0.2) is 0 Å². The number of benzene rings is 1. The maximum Gasteiger partial charge on any atom is 0.234 e. The van der Waals surface area contributed by atoms with Crippen LogP contribution >= 0.6 is 0 Å². The molecule has 1 saturated carbocycles. The van der Waals surface area contributed by atoms with Gasteiger partial charge in [0.2, 0.25) is 5.91 Å². The lowest BCUT2D eigenvalue weighted by Gasteiger charge is -2.38. The van der Waals surface area contributed by atoms with Crippen LogP contribution < -0.4 is 5.32 Å². The summed E-state index contributed by atoms with van der Waals surface area (Å²) in [5, 5.41) is 12.4. The van der Waals surface area contributed by atoms with E-state index in [0.717, 1.165) is 57.1 Å². The van der Waals surface area contributed by atoms with Crippen molar-refractivity contribution < 1.29 is 4.79 Å². The topological polar surface area (TPSA) is 63.1 Å². The number of likely N-dealkylation sites (tertiary alicyclic amines) is 1. The number of nitrogens with zero attached hydrogens (tertiary/aromatic N) is 4. The monoisotopic (exact) mass is 449 g/mol. The fourth-order valence-corrected chi connectivity index (χ4v) is 6.33. The van der Waals surface area contributed by atoms with Crippen LogP contribution in [-0.4, -0.2) is 51.8 Å². The average Bonchev–Trinajstić information content (AvgIpc) is 3.12. The number of nitrogens with one attached hydrogen (secondary N) is 1. The van der Waals surface area contributed by atoms with Crippen molar-refractivity contribution in [2.45, 2.75) is 88.5 Å². The van der Waals surface area contributed by atoms with Crippen molar-refractivity contribution in [1.29, 1.82) is 0 Å². The van der Waals surface area contributed by atoms with Gasteiger partial charge in [0, 0.05) is 37.4 Å². The summed E-state index contributed by atoms with van der Waals surface area (Å²) in [6, 6.07) is 10.8. The van der Waals surface area contributed by atoms with Crippen LogP contribution in [0, 0.1) is 0 Å². The van der Waals surface area contributed by atoms with Gasteiger partial charge in [0.05, 0.1) is 6.54 Å². The molecule has 1 amide bonds. The predicted octanol–water partition coefficient (Wildman–Crippen LogP) is 4.20. The van der Waals surface area contributed by atoms with E-state index in [9.17, 15) is 4.79 Å². The Morgan fingerprint density at radius 1 is 0.970 bits per heavy atom. The molecule has 0 radical (unpaired) electrons. The summed E-state index contributed by atoms with van der Waals surface area (Å²) in [6.45, 7) is 4.20. The second kappa shape index (κ2) is 10.4. The minimum atomic E-state index is 0.0959. The number of piperidine rings is 1. The molecule has 2 fully saturated rings. The summed E-state index contributed by atoms with van der Waals surface area (Å²) < 4.78 is 2.38. The second-order valence-electron chi connectivity index (χ2n) is 10.5. The van der Waals surface area contributed by atoms with Gasteiger partial charge in [-0.3, -0.25) is 9.69 Å². The van der Waals surface area contributed by atoms with E-state index in [0.29, 0.717) is 12.5 Å². The molecule has 33 heavy (non-hydrogen) atoms. The van der Waals surface area contributed by atoms with Crippen LogP contribution in [0.4, 0.5) is 0 Å². The molecule has 2 aromatic rings. The van der Waals surface area contributed by atoms with Gasteiger partial charge in [-0.05, 0) is 50.6 Å². The highest BCUT2D eigenvalue weighted by Gasteiger charge is 2.34. The lowest BCUT2D eigenvalue weighted by Crippen LogP contribution is -2.47. The fourth-order valence-electron chi connectivity index (χ4n) is 6.33. The van der Waals surface area contributed by atoms with Crippen LogP contribution in [0.25, 0.3) is 0 Å². The van der Waals surface area contributed by atoms with Crippen molar-refractivity contribution in [2.24, 2.45) is 0 Å². The van der Waals surface area contributed by atoms with Crippen molar-refractivity contribution >= 4 is 5.91 Å². The van der Waals surface area contributed by atoms with Crippen molar-refractivity contribution in [2.75, 3.05) is 26.2 Å². The van der Waals surface area contributed by atoms with E-state index in [-0.39, 0.29) is 11.3 Å². The lowest BCUT2D eigenvalue weighted by atomic mass is 9.69. The average molecular weight is 450 g/mol. The molecular formula is C27H39N5O. The Morgan fingerprint density at radius 2 is 1.79 bits per heavy atom. The highest BCUT2D eigenvalue weighted by molar-refractivity contribution is 5.78. The number of aryl methyl sites for hydroxylation is 1. The van der Waals surface area contributed by atoms with Gasteiger partial charge in [-0.1, -0.05) is 56.0 Å². The Morgan fingerprint density at radius 3 is 2.64 bits per heavy atom. The van der Waals surface area contributed by atoms with Gasteiger partial charge in [0.25, 0.3) is 0 Å². The number of aromatic nitrogens is 3. The molecule has 1 unspecified atom stereocenters. The SMILES string of the molecule is O=C(CN1CCCC(c2nnc3n2CCCCC3)C1)NCC1(c2ccccc2)CCCCC1. The molecule has 178 valence electrons. The normalized spacial score (nSPS) is 23.5. The van der Waals surface area contributed by atoms with E-state index < -0.39 is 0 Å². The van der Waals surface area contributed by atoms with Crippen LogP contribution in [0.5, 0.6) is 0 Å². The van der Waals surface area contributed by atoms with E-state index in [1.807, 2.05) is 0 Å². The van der Waals surface area contributed by atoms with E-state index in [4.69, 9.17) is 0 Å². The third-order valence-corrected chi connectivity index (χ3v) is 8.20. The Bertz CT molecular complexity index is 918. The first kappa shape index (κ1) is 22.6. The molecule has 5 rings (SSSR count). The summed E-state index contributed by atoms with van der Waals surface area (Å²) in [6.07, 6.45) is 13.2. The maximum atomic E-state index is 13.0. The molecule has 2 aliphatic heterocycles. The number of fused-ring (bicyclic) bond motifs is 1. The molecule has 6 heteroatoms. The van der Waals surface area contributed by atoms with Crippen molar-refractivity contribution in [3.05, 3.63) is 47.5 Å². The first-order chi connectivity index (χ1) is 16.2. The molecule has 0 spiro atoms. The number of rotatable bonds is 6. The summed E-state index contributed by atoms with van der Waals surface area (Å²) in [5.74, 6) is 2.87. The van der Waals surface area contributed by atoms with Gasteiger partial charge in [0.15, 0.2) is 0 Å². The van der Waals surface area contributed by atoms with Gasteiger partial charge >= 0.3 is 0 Å². The third kappa shape index (κ3) is 5.16. The Kier molecular flexibility index (Phi) is 7.10. The minimum absolute atomic E-state index is 0.0959. The van der Waals surface area contributed by atoms with Crippen LogP contribution in [0.3, 0.4) is 0 Å². The Hall–Kier alpha value is -2.21. The smallest absolute Gasteiger partial charge is 0.234 e. The molecule has 1 aromatic carbocycles. The molecule has 6 nitrogen and oxygen atoms in total. The van der Waals surface area contributed by atoms with Crippen molar-refractivity contribution in [1.82, 2.24) is 25.0 Å². The number of carbonyl (C=O) groups is 1. The largest absolute Gasteiger partial charge is 0.354 e. The zero-order valence-electron chi connectivity index (χ0n) is 20.0.